The van der Waals surface area contributed by atoms with Crippen molar-refractivity contribution in [3.05, 3.63) is 58.6 Å². The molecule has 1 aliphatic rings. The zero-order chi connectivity index (χ0) is 22.5. The van der Waals surface area contributed by atoms with Gasteiger partial charge in [-0.05, 0) is 43.5 Å². The fraction of sp³-hybridized carbons (Fsp3) is 0.261. The van der Waals surface area contributed by atoms with Gasteiger partial charge in [0.2, 0.25) is 5.91 Å². The number of unbranched alkanes of at least 4 members (excludes halogenated alkanes) is 3. The zero-order valence-electron chi connectivity index (χ0n) is 17.3. The van der Waals surface area contributed by atoms with Crippen LogP contribution < -0.4 is 5.48 Å². The number of hydrogen-bond donors (Lipinski definition) is 4. The van der Waals surface area contributed by atoms with Crippen LogP contribution in [0, 0.1) is 0 Å². The van der Waals surface area contributed by atoms with Crippen LogP contribution in [0.1, 0.15) is 43.2 Å². The van der Waals surface area contributed by atoms with Crippen LogP contribution in [0.25, 0.3) is 10.9 Å². The highest BCUT2D eigenvalue weighted by Crippen LogP contribution is 2.36. The molecule has 32 heavy (non-hydrogen) atoms. The number of nitrogens with one attached hydrogen (secondary N) is 2. The molecule has 0 unspecified atom stereocenters. The van der Waals surface area contributed by atoms with Gasteiger partial charge in [-0.3, -0.25) is 10.0 Å². The topological polar surface area (TPSA) is 119 Å². The van der Waals surface area contributed by atoms with E-state index in [1.54, 1.807) is 17.6 Å². The third kappa shape index (κ3) is 4.61. The lowest BCUT2D eigenvalue weighted by Gasteiger charge is -2.06. The van der Waals surface area contributed by atoms with Crippen molar-refractivity contribution >= 4 is 45.5 Å². The van der Waals surface area contributed by atoms with Crippen LogP contribution in [0.3, 0.4) is 0 Å². The first kappa shape index (κ1) is 21.9. The largest absolute Gasteiger partial charge is 0.494 e. The van der Waals surface area contributed by atoms with Gasteiger partial charge in [0.25, 0.3) is 0 Å². The monoisotopic (exact) mass is 454 g/mol. The zero-order valence-corrected chi connectivity index (χ0v) is 18.0. The number of carbonyl (C=O) groups is 1. The molecular formula is C23H23ClN4O4. The molecule has 1 aromatic heterocycles. The van der Waals surface area contributed by atoms with E-state index in [4.69, 9.17) is 26.6 Å². The second-order valence-electron chi connectivity index (χ2n) is 7.49. The predicted octanol–water partition coefficient (Wildman–Crippen LogP) is 4.84. The van der Waals surface area contributed by atoms with E-state index in [9.17, 15) is 9.90 Å². The number of benzene rings is 2. The van der Waals surface area contributed by atoms with Crippen molar-refractivity contribution in [3.8, 4) is 5.88 Å². The molecule has 0 fully saturated rings. The van der Waals surface area contributed by atoms with Crippen LogP contribution in [-0.4, -0.2) is 39.2 Å². The highest BCUT2D eigenvalue weighted by molar-refractivity contribution is 6.58. The van der Waals surface area contributed by atoms with Crippen LogP contribution >= 0.6 is 11.6 Å². The van der Waals surface area contributed by atoms with E-state index in [1.807, 2.05) is 30.3 Å². The van der Waals surface area contributed by atoms with Crippen LogP contribution in [-0.2, 0) is 9.63 Å². The molecule has 2 heterocycles. The molecule has 8 nitrogen and oxygen atoms in total. The van der Waals surface area contributed by atoms with Gasteiger partial charge in [-0.1, -0.05) is 41.4 Å². The van der Waals surface area contributed by atoms with E-state index in [0.717, 1.165) is 35.7 Å². The predicted molar refractivity (Wildman–Crippen MR) is 123 cm³/mol. The molecule has 3 aromatic rings. The molecule has 1 aliphatic heterocycles. The minimum absolute atomic E-state index is 0.0171. The Bertz CT molecular complexity index is 1200. The molecule has 4 N–H and O–H groups in total. The summed E-state index contributed by atoms with van der Waals surface area (Å²) in [6.45, 7) is 0.402. The number of oxime groups is 1. The van der Waals surface area contributed by atoms with E-state index < -0.39 is 0 Å². The Morgan fingerprint density at radius 2 is 1.97 bits per heavy atom. The number of H-pyrrole nitrogens is 1. The maximum absolute atomic E-state index is 11.0. The SMILES string of the molecule is O=C(CCCCCCO/N=C1/C(c2c(O)[nH]c3ccccc23)=Nc2ccc(Cl)cc21)NO. The molecule has 2 aromatic carbocycles. The summed E-state index contributed by atoms with van der Waals surface area (Å²) in [4.78, 5) is 24.3. The number of para-hydroxylation sites is 1. The number of hydroxylamine groups is 1. The Morgan fingerprint density at radius 3 is 2.81 bits per heavy atom. The summed E-state index contributed by atoms with van der Waals surface area (Å²) in [6, 6.07) is 12.9. The van der Waals surface area contributed by atoms with Gasteiger partial charge in [-0.25, -0.2) is 10.5 Å². The quantitative estimate of drug-likeness (QED) is 0.210. The lowest BCUT2D eigenvalue weighted by Crippen LogP contribution is -2.17. The Morgan fingerprint density at radius 1 is 1.16 bits per heavy atom. The number of carbonyl (C=O) groups excluding carboxylic acids is 1. The second-order valence-corrected chi connectivity index (χ2v) is 7.92. The van der Waals surface area contributed by atoms with Crippen molar-refractivity contribution < 1.29 is 19.9 Å². The number of aromatic hydroxyl groups is 1. The summed E-state index contributed by atoms with van der Waals surface area (Å²) >= 11 is 6.21. The fourth-order valence-electron chi connectivity index (χ4n) is 3.70. The first-order valence-electron chi connectivity index (χ1n) is 10.4. The average molecular weight is 455 g/mol. The number of aromatic amines is 1. The third-order valence-corrected chi connectivity index (χ3v) is 5.50. The molecule has 1 amide bonds. The standard InChI is InChI=1S/C23H23ClN4O4/c24-14-10-11-18-16(13-14)21(28-32-12-6-2-1-3-9-19(29)27-31)22(25-18)20-15-7-4-5-8-17(15)26-23(20)30/h4-5,7-8,10-11,13,26,30-31H,1-3,6,9,12H2,(H,27,29)/b28-21+. The summed E-state index contributed by atoms with van der Waals surface area (Å²) < 4.78 is 0. The highest BCUT2D eigenvalue weighted by atomic mass is 35.5. The summed E-state index contributed by atoms with van der Waals surface area (Å²) in [5.74, 6) is -0.359. The van der Waals surface area contributed by atoms with Crippen molar-refractivity contribution in [2.24, 2.45) is 10.1 Å². The Labute approximate surface area is 189 Å². The van der Waals surface area contributed by atoms with Gasteiger partial charge in [0, 0.05) is 27.9 Å². The first-order valence-corrected chi connectivity index (χ1v) is 10.8. The van der Waals surface area contributed by atoms with Crippen molar-refractivity contribution in [1.29, 1.82) is 0 Å². The normalized spacial score (nSPS) is 13.9. The van der Waals surface area contributed by atoms with Gasteiger partial charge in [-0.15, -0.1) is 0 Å². The fourth-order valence-corrected chi connectivity index (χ4v) is 3.87. The number of halogens is 1. The van der Waals surface area contributed by atoms with Gasteiger partial charge in [-0.2, -0.15) is 0 Å². The van der Waals surface area contributed by atoms with Crippen molar-refractivity contribution in [2.75, 3.05) is 6.61 Å². The number of amides is 1. The van der Waals surface area contributed by atoms with Gasteiger partial charge in [0.1, 0.15) is 18.0 Å². The number of fused-ring (bicyclic) bond motifs is 2. The van der Waals surface area contributed by atoms with E-state index in [-0.39, 0.29) is 11.8 Å². The minimum atomic E-state index is -0.376. The molecule has 0 atom stereocenters. The highest BCUT2D eigenvalue weighted by Gasteiger charge is 2.29. The average Bonchev–Trinajstić information content (AvgIpc) is 3.31. The Hall–Kier alpha value is -3.36. The van der Waals surface area contributed by atoms with E-state index in [1.165, 1.54) is 0 Å². The molecule has 166 valence electrons. The molecule has 0 saturated carbocycles. The molecule has 0 bridgehead atoms. The van der Waals surface area contributed by atoms with Crippen molar-refractivity contribution in [1.82, 2.24) is 10.5 Å². The summed E-state index contributed by atoms with van der Waals surface area (Å²) in [6.07, 6.45) is 3.48. The Balaban J connectivity index is 1.50. The van der Waals surface area contributed by atoms with Gasteiger partial charge in [0.15, 0.2) is 5.88 Å². The van der Waals surface area contributed by atoms with Crippen LogP contribution in [0.2, 0.25) is 5.02 Å². The van der Waals surface area contributed by atoms with E-state index in [2.05, 4.69) is 10.1 Å². The summed E-state index contributed by atoms with van der Waals surface area (Å²) in [5, 5.41) is 24.8. The van der Waals surface area contributed by atoms with Gasteiger partial charge < -0.3 is 14.9 Å². The van der Waals surface area contributed by atoms with Gasteiger partial charge in [0.05, 0.1) is 11.3 Å². The number of aromatic nitrogens is 1. The number of hydrogen-bond acceptors (Lipinski definition) is 6. The third-order valence-electron chi connectivity index (χ3n) is 5.26. The summed E-state index contributed by atoms with van der Waals surface area (Å²) in [7, 11) is 0. The smallest absolute Gasteiger partial charge is 0.243 e. The maximum Gasteiger partial charge on any atom is 0.243 e. The first-order chi connectivity index (χ1) is 15.6. The molecule has 0 spiro atoms. The van der Waals surface area contributed by atoms with Crippen LogP contribution in [0.4, 0.5) is 5.69 Å². The number of aliphatic imine (C=N–C) groups is 1. The van der Waals surface area contributed by atoms with E-state index >= 15 is 0 Å². The van der Waals surface area contributed by atoms with Crippen LogP contribution in [0.15, 0.2) is 52.6 Å². The number of rotatable bonds is 9. The van der Waals surface area contributed by atoms with Crippen molar-refractivity contribution in [2.45, 2.75) is 32.1 Å². The molecule has 9 heteroatoms. The Kier molecular flexibility index (Phi) is 6.72. The van der Waals surface area contributed by atoms with Gasteiger partial charge >= 0.3 is 0 Å². The molecule has 4 rings (SSSR count). The molecule has 0 saturated heterocycles. The summed E-state index contributed by atoms with van der Waals surface area (Å²) in [5.41, 5.74) is 5.48. The number of nitrogens with zero attached hydrogens (tertiary/aromatic N) is 2. The second kappa shape index (κ2) is 9.84. The molecular weight excluding hydrogens is 432 g/mol. The minimum Gasteiger partial charge on any atom is -0.494 e. The van der Waals surface area contributed by atoms with E-state index in [0.29, 0.717) is 47.1 Å². The maximum atomic E-state index is 11.0. The van der Waals surface area contributed by atoms with Crippen molar-refractivity contribution in [3.63, 3.8) is 0 Å². The lowest BCUT2D eigenvalue weighted by atomic mass is 10.0. The molecule has 0 radical (unpaired) electrons. The molecule has 0 aliphatic carbocycles. The van der Waals surface area contributed by atoms with Crippen LogP contribution in [0.5, 0.6) is 5.88 Å². The lowest BCUT2D eigenvalue weighted by molar-refractivity contribution is -0.129.